The number of carbonyl (C=O) groups is 2. The van der Waals surface area contributed by atoms with Gasteiger partial charge in [-0.3, -0.25) is 9.59 Å². The van der Waals surface area contributed by atoms with Crippen molar-refractivity contribution in [2.75, 3.05) is 0 Å². The van der Waals surface area contributed by atoms with Crippen LogP contribution in [0.4, 0.5) is 0 Å². The molecule has 0 saturated heterocycles. The first kappa shape index (κ1) is 25.4. The van der Waals surface area contributed by atoms with Crippen molar-refractivity contribution in [1.29, 1.82) is 0 Å². The summed E-state index contributed by atoms with van der Waals surface area (Å²) in [6.45, 7) is 11.4. The van der Waals surface area contributed by atoms with Crippen molar-refractivity contribution in [2.45, 2.75) is 98.8 Å². The van der Waals surface area contributed by atoms with E-state index in [0.29, 0.717) is 6.42 Å². The molecule has 0 fully saturated rings. The maximum Gasteiger partial charge on any atom is 0.220 e. The number of ketones is 2. The average Bonchev–Trinajstić information content (AvgIpc) is 2.64. The van der Waals surface area contributed by atoms with Crippen LogP contribution in [-0.2, 0) is 9.59 Å². The number of aliphatic hydroxyl groups is 1. The highest BCUT2D eigenvalue weighted by Crippen LogP contribution is 2.23. The van der Waals surface area contributed by atoms with Gasteiger partial charge >= 0.3 is 0 Å². The Morgan fingerprint density at radius 2 is 1.38 bits per heavy atom. The molecule has 3 nitrogen and oxygen atoms in total. The Kier molecular flexibility index (Phi) is 11.9. The van der Waals surface area contributed by atoms with Crippen LogP contribution in [0.1, 0.15) is 98.8 Å². The molecule has 0 aliphatic heterocycles. The van der Waals surface area contributed by atoms with Crippen molar-refractivity contribution in [2.24, 2.45) is 17.8 Å². The Balaban J connectivity index is 2.21. The lowest BCUT2D eigenvalue weighted by molar-refractivity contribution is -0.117. The summed E-state index contributed by atoms with van der Waals surface area (Å²) in [4.78, 5) is 23.3. The topological polar surface area (TPSA) is 54.4 Å². The van der Waals surface area contributed by atoms with E-state index < -0.39 is 11.5 Å². The maximum atomic E-state index is 11.8. The fourth-order valence-electron chi connectivity index (χ4n) is 3.88. The first-order chi connectivity index (χ1) is 13.7. The summed E-state index contributed by atoms with van der Waals surface area (Å²) in [6, 6.07) is 0. The highest BCUT2D eigenvalue weighted by Gasteiger charge is 2.20. The van der Waals surface area contributed by atoms with Gasteiger partial charge in [0.2, 0.25) is 5.78 Å². The quantitative estimate of drug-likeness (QED) is 0.245. The summed E-state index contributed by atoms with van der Waals surface area (Å²) in [5, 5.41) is 9.79. The van der Waals surface area contributed by atoms with Gasteiger partial charge < -0.3 is 5.11 Å². The van der Waals surface area contributed by atoms with Crippen LogP contribution < -0.4 is 0 Å². The molecule has 0 heterocycles. The van der Waals surface area contributed by atoms with Crippen molar-refractivity contribution >= 4 is 11.6 Å². The maximum absolute atomic E-state index is 11.8. The van der Waals surface area contributed by atoms with Crippen LogP contribution in [0.25, 0.3) is 0 Å². The minimum Gasteiger partial charge on any atom is -0.504 e. The Bertz CT molecular complexity index is 622. The van der Waals surface area contributed by atoms with E-state index in [2.05, 4.69) is 34.6 Å². The molecule has 0 saturated carbocycles. The van der Waals surface area contributed by atoms with Crippen molar-refractivity contribution in [1.82, 2.24) is 0 Å². The number of rotatable bonds is 14. The van der Waals surface area contributed by atoms with Gasteiger partial charge in [0.05, 0.1) is 0 Å². The Morgan fingerprint density at radius 1 is 0.862 bits per heavy atom. The second kappa shape index (κ2) is 13.6. The third-order valence-corrected chi connectivity index (χ3v) is 6.00. The van der Waals surface area contributed by atoms with Crippen LogP contribution >= 0.6 is 0 Å². The molecule has 1 N–H and O–H groups in total. The minimum absolute atomic E-state index is 0.215. The fraction of sp³-hybridized carbons (Fsp3) is 0.692. The van der Waals surface area contributed by atoms with E-state index >= 15 is 0 Å². The van der Waals surface area contributed by atoms with Crippen molar-refractivity contribution in [3.8, 4) is 0 Å². The van der Waals surface area contributed by atoms with Gasteiger partial charge in [-0.05, 0) is 56.1 Å². The number of allylic oxidation sites excluding steroid dienone is 5. The van der Waals surface area contributed by atoms with E-state index in [0.717, 1.165) is 36.7 Å². The van der Waals surface area contributed by atoms with Crippen LogP contribution in [-0.4, -0.2) is 16.7 Å². The van der Waals surface area contributed by atoms with Crippen LogP contribution in [0.5, 0.6) is 0 Å². The zero-order chi connectivity index (χ0) is 21.8. The summed E-state index contributed by atoms with van der Waals surface area (Å²) in [7, 11) is 0. The van der Waals surface area contributed by atoms with Gasteiger partial charge in [-0.1, -0.05) is 84.3 Å². The lowest BCUT2D eigenvalue weighted by Gasteiger charge is -2.15. The van der Waals surface area contributed by atoms with E-state index in [1.807, 2.05) is 6.08 Å². The standard InChI is InChI=1S/C26H42O3/c1-19(2)9-6-10-20(3)11-7-12-21(4)13-8-14-22(5)15-16-23-24(27)17-18-25(28)26(23)29/h15,17-21,29H,6-14,16H2,1-5H3/b22-15+. The molecule has 0 bridgehead atoms. The van der Waals surface area contributed by atoms with Crippen molar-refractivity contribution < 1.29 is 14.7 Å². The molecule has 0 aromatic carbocycles. The molecule has 0 aromatic rings. The van der Waals surface area contributed by atoms with Gasteiger partial charge in [0, 0.05) is 5.57 Å². The van der Waals surface area contributed by atoms with Crippen molar-refractivity contribution in [3.63, 3.8) is 0 Å². The molecule has 0 spiro atoms. The van der Waals surface area contributed by atoms with E-state index in [-0.39, 0.29) is 11.4 Å². The predicted octanol–water partition coefficient (Wildman–Crippen LogP) is 7.28. The summed E-state index contributed by atoms with van der Waals surface area (Å²) in [5.41, 5.74) is 1.43. The van der Waals surface area contributed by atoms with E-state index in [1.54, 1.807) is 0 Å². The highest BCUT2D eigenvalue weighted by atomic mass is 16.3. The first-order valence-electron chi connectivity index (χ1n) is 11.5. The zero-order valence-corrected chi connectivity index (χ0v) is 19.3. The monoisotopic (exact) mass is 402 g/mol. The lowest BCUT2D eigenvalue weighted by Crippen LogP contribution is -2.13. The molecule has 29 heavy (non-hydrogen) atoms. The normalized spacial score (nSPS) is 17.4. The summed E-state index contributed by atoms with van der Waals surface area (Å²) in [6.07, 6.45) is 16.1. The molecule has 1 rings (SSSR count). The molecule has 0 radical (unpaired) electrons. The highest BCUT2D eigenvalue weighted by molar-refractivity contribution is 6.19. The van der Waals surface area contributed by atoms with E-state index in [4.69, 9.17) is 0 Å². The fourth-order valence-corrected chi connectivity index (χ4v) is 3.88. The third-order valence-electron chi connectivity index (χ3n) is 6.00. The summed E-state index contributed by atoms with van der Waals surface area (Å²) < 4.78 is 0. The molecule has 1 aliphatic rings. The van der Waals surface area contributed by atoms with Gasteiger partial charge in [0.1, 0.15) is 0 Å². The van der Waals surface area contributed by atoms with Crippen molar-refractivity contribution in [3.05, 3.63) is 35.1 Å². The predicted molar refractivity (Wildman–Crippen MR) is 122 cm³/mol. The second-order valence-electron chi connectivity index (χ2n) is 9.50. The second-order valence-corrected chi connectivity index (χ2v) is 9.50. The minimum atomic E-state index is -0.478. The molecule has 2 unspecified atom stereocenters. The Labute approximate surface area is 178 Å². The van der Waals surface area contributed by atoms with Crippen LogP contribution in [0, 0.1) is 17.8 Å². The number of aliphatic hydroxyl groups excluding tert-OH is 1. The number of carbonyl (C=O) groups excluding carboxylic acids is 2. The Morgan fingerprint density at radius 3 is 1.97 bits per heavy atom. The molecule has 164 valence electrons. The average molecular weight is 403 g/mol. The molecular weight excluding hydrogens is 360 g/mol. The Hall–Kier alpha value is -1.64. The zero-order valence-electron chi connectivity index (χ0n) is 19.3. The summed E-state index contributed by atoms with van der Waals surface area (Å²) >= 11 is 0. The summed E-state index contributed by atoms with van der Waals surface area (Å²) in [5.74, 6) is 1.28. The smallest absolute Gasteiger partial charge is 0.220 e. The molecular formula is C26H42O3. The number of hydrogen-bond donors (Lipinski definition) is 1. The van der Waals surface area contributed by atoms with Crippen LogP contribution in [0.3, 0.4) is 0 Å². The van der Waals surface area contributed by atoms with Gasteiger partial charge in [-0.25, -0.2) is 0 Å². The third kappa shape index (κ3) is 10.6. The van der Waals surface area contributed by atoms with Gasteiger partial charge in [0.25, 0.3) is 0 Å². The SMILES string of the molecule is C/C(=C\CC1=C(O)C(=O)C=CC1=O)CCCC(C)CCCC(C)CCCC(C)C. The van der Waals surface area contributed by atoms with Gasteiger partial charge in [-0.15, -0.1) is 0 Å². The van der Waals surface area contributed by atoms with E-state index in [9.17, 15) is 14.7 Å². The molecule has 2 atom stereocenters. The van der Waals surface area contributed by atoms with E-state index in [1.165, 1.54) is 56.6 Å². The first-order valence-corrected chi connectivity index (χ1v) is 11.5. The molecule has 0 amide bonds. The largest absolute Gasteiger partial charge is 0.504 e. The molecule has 3 heteroatoms. The van der Waals surface area contributed by atoms with Gasteiger partial charge in [0.15, 0.2) is 11.5 Å². The molecule has 1 aliphatic carbocycles. The number of hydrogen-bond acceptors (Lipinski definition) is 3. The lowest BCUT2D eigenvalue weighted by atomic mass is 9.91. The molecule has 0 aromatic heterocycles. The van der Waals surface area contributed by atoms with Crippen LogP contribution in [0.2, 0.25) is 0 Å². The van der Waals surface area contributed by atoms with Crippen LogP contribution in [0.15, 0.2) is 35.1 Å². The van der Waals surface area contributed by atoms with Gasteiger partial charge in [-0.2, -0.15) is 0 Å².